The zero-order valence-corrected chi connectivity index (χ0v) is 13.9. The maximum absolute atomic E-state index is 14.4. The number of ketones is 1. The molecule has 2 heterocycles. The molecule has 1 aromatic rings. The van der Waals surface area contributed by atoms with Gasteiger partial charge in [-0.05, 0) is 23.9 Å². The number of carbonyl (C=O) groups is 2. The van der Waals surface area contributed by atoms with Crippen molar-refractivity contribution < 1.29 is 23.8 Å². The van der Waals surface area contributed by atoms with E-state index in [9.17, 15) is 14.0 Å². The number of carbonyl (C=O) groups excluding carboxylic acids is 1. The molecule has 1 aromatic heterocycles. The van der Waals surface area contributed by atoms with E-state index in [-0.39, 0.29) is 24.2 Å². The summed E-state index contributed by atoms with van der Waals surface area (Å²) in [7, 11) is 1.29. The first-order chi connectivity index (χ1) is 11.4. The average molecular weight is 347 g/mol. The number of hydrogen-bond acceptors (Lipinski definition) is 5. The molecule has 2 aliphatic rings. The predicted molar refractivity (Wildman–Crippen MR) is 87.8 cm³/mol. The second-order valence-electron chi connectivity index (χ2n) is 5.36. The van der Waals surface area contributed by atoms with E-state index in [2.05, 4.69) is 4.99 Å². The lowest BCUT2D eigenvalue weighted by atomic mass is 9.85. The molecule has 0 fully saturated rings. The van der Waals surface area contributed by atoms with Crippen LogP contribution in [0, 0.1) is 0 Å². The van der Waals surface area contributed by atoms with E-state index < -0.39 is 17.6 Å². The number of hydrogen-bond donors (Lipinski definition) is 1. The molecule has 0 atom stereocenters. The lowest BCUT2D eigenvalue weighted by molar-refractivity contribution is -0.136. The van der Waals surface area contributed by atoms with Crippen LogP contribution in [-0.4, -0.2) is 29.7 Å². The summed E-state index contributed by atoms with van der Waals surface area (Å²) in [6.07, 6.45) is -0.395. The summed E-state index contributed by atoms with van der Waals surface area (Å²) in [5.41, 5.74) is 1.74. The van der Waals surface area contributed by atoms with E-state index >= 15 is 0 Å². The molecule has 0 saturated carbocycles. The highest BCUT2D eigenvalue weighted by Crippen LogP contribution is 2.41. The Morgan fingerprint density at radius 3 is 2.79 bits per heavy atom. The standard InChI is InChI=1S/C17H14FNO4S/c1-8-9(6-13(20)21)14-11(19-8)7-10(18)17(23-2)15(14)16(22)12-4-3-5-24-12/h3-5H,6-7H2,1-2H3,(H,20,21). The number of Topliss-reactive ketones (excluding diaryl/α,β-unsaturated/α-hetero) is 1. The van der Waals surface area contributed by atoms with Crippen molar-refractivity contribution in [3.05, 3.63) is 56.4 Å². The van der Waals surface area contributed by atoms with Gasteiger partial charge in [-0.25, -0.2) is 4.39 Å². The summed E-state index contributed by atoms with van der Waals surface area (Å²) < 4.78 is 19.5. The summed E-state index contributed by atoms with van der Waals surface area (Å²) in [4.78, 5) is 28.8. The first-order valence-corrected chi connectivity index (χ1v) is 8.07. The van der Waals surface area contributed by atoms with Crippen LogP contribution in [0.3, 0.4) is 0 Å². The number of fused-ring (bicyclic) bond motifs is 1. The van der Waals surface area contributed by atoms with Crippen LogP contribution in [0.1, 0.15) is 29.4 Å². The van der Waals surface area contributed by atoms with Crippen LogP contribution in [0.25, 0.3) is 0 Å². The number of rotatable bonds is 5. The number of allylic oxidation sites excluding steroid dienone is 4. The monoisotopic (exact) mass is 347 g/mol. The lowest BCUT2D eigenvalue weighted by Crippen LogP contribution is -2.20. The third-order valence-corrected chi connectivity index (χ3v) is 4.75. The fourth-order valence-corrected chi connectivity index (χ4v) is 3.58. The van der Waals surface area contributed by atoms with Gasteiger partial charge in [-0.15, -0.1) is 11.3 Å². The van der Waals surface area contributed by atoms with Crippen molar-refractivity contribution in [3.8, 4) is 0 Å². The maximum atomic E-state index is 14.4. The first kappa shape index (κ1) is 16.3. The molecule has 0 unspecified atom stereocenters. The van der Waals surface area contributed by atoms with Gasteiger partial charge in [0.05, 0.1) is 29.7 Å². The molecule has 3 rings (SSSR count). The van der Waals surface area contributed by atoms with E-state index in [4.69, 9.17) is 9.84 Å². The minimum atomic E-state index is -1.04. The Labute approximate surface area is 141 Å². The highest BCUT2D eigenvalue weighted by molar-refractivity contribution is 7.12. The van der Waals surface area contributed by atoms with Gasteiger partial charge in [-0.2, -0.15) is 0 Å². The Kier molecular flexibility index (Phi) is 4.19. The fraction of sp³-hybridized carbons (Fsp3) is 0.235. The molecule has 0 spiro atoms. The van der Waals surface area contributed by atoms with Crippen molar-refractivity contribution in [2.45, 2.75) is 19.8 Å². The van der Waals surface area contributed by atoms with Gasteiger partial charge in [0, 0.05) is 17.7 Å². The number of ether oxygens (including phenoxy) is 1. The average Bonchev–Trinajstić information content (AvgIpc) is 3.14. The summed E-state index contributed by atoms with van der Waals surface area (Å²) >= 11 is 1.23. The van der Waals surface area contributed by atoms with Gasteiger partial charge in [-0.3, -0.25) is 14.6 Å². The van der Waals surface area contributed by atoms with Crippen molar-refractivity contribution in [3.63, 3.8) is 0 Å². The molecule has 124 valence electrons. The summed E-state index contributed by atoms with van der Waals surface area (Å²) in [5.74, 6) is -2.15. The number of nitrogens with zero attached hydrogens (tertiary/aromatic N) is 1. The quantitative estimate of drug-likeness (QED) is 0.825. The maximum Gasteiger partial charge on any atom is 0.307 e. The number of methoxy groups -OCH3 is 1. The Morgan fingerprint density at radius 2 is 2.21 bits per heavy atom. The molecule has 24 heavy (non-hydrogen) atoms. The highest BCUT2D eigenvalue weighted by Gasteiger charge is 2.37. The van der Waals surface area contributed by atoms with Gasteiger partial charge in [0.25, 0.3) is 0 Å². The molecule has 1 aliphatic carbocycles. The molecular formula is C17H14FNO4S. The number of aliphatic imine (C=N–C) groups is 1. The third-order valence-electron chi connectivity index (χ3n) is 3.88. The SMILES string of the molecule is COC1=C(F)CC2=NC(C)=C(CC(=O)O)C2=C1C(=O)c1cccs1. The van der Waals surface area contributed by atoms with Gasteiger partial charge < -0.3 is 9.84 Å². The summed E-state index contributed by atoms with van der Waals surface area (Å²) in [6, 6.07) is 3.36. The van der Waals surface area contributed by atoms with Crippen LogP contribution < -0.4 is 0 Å². The second-order valence-corrected chi connectivity index (χ2v) is 6.31. The minimum absolute atomic E-state index is 0.0514. The molecule has 1 N–H and O–H groups in total. The lowest BCUT2D eigenvalue weighted by Gasteiger charge is -2.21. The van der Waals surface area contributed by atoms with E-state index in [0.717, 1.165) is 0 Å². The van der Waals surface area contributed by atoms with Crippen LogP contribution in [-0.2, 0) is 9.53 Å². The van der Waals surface area contributed by atoms with E-state index in [1.807, 2.05) is 0 Å². The minimum Gasteiger partial charge on any atom is -0.493 e. The van der Waals surface area contributed by atoms with E-state index in [0.29, 0.717) is 27.4 Å². The Bertz CT molecular complexity index is 859. The molecule has 0 radical (unpaired) electrons. The van der Waals surface area contributed by atoms with Gasteiger partial charge in [0.2, 0.25) is 5.78 Å². The number of carboxylic acid groups (broad SMARTS) is 1. The summed E-state index contributed by atoms with van der Waals surface area (Å²) in [6.45, 7) is 1.66. The Morgan fingerprint density at radius 1 is 1.46 bits per heavy atom. The van der Waals surface area contributed by atoms with Crippen LogP contribution in [0.4, 0.5) is 4.39 Å². The van der Waals surface area contributed by atoms with E-state index in [1.165, 1.54) is 18.4 Å². The zero-order chi connectivity index (χ0) is 17.4. The van der Waals surface area contributed by atoms with Crippen LogP contribution in [0.2, 0.25) is 0 Å². The van der Waals surface area contributed by atoms with Gasteiger partial charge in [0.1, 0.15) is 5.83 Å². The van der Waals surface area contributed by atoms with Crippen molar-refractivity contribution in [1.29, 1.82) is 0 Å². The molecule has 0 saturated heterocycles. The molecule has 7 heteroatoms. The number of thiophene rings is 1. The van der Waals surface area contributed by atoms with Crippen molar-refractivity contribution in [2.24, 2.45) is 4.99 Å². The van der Waals surface area contributed by atoms with Gasteiger partial charge in [-0.1, -0.05) is 6.07 Å². The molecule has 0 bridgehead atoms. The van der Waals surface area contributed by atoms with Crippen LogP contribution in [0.15, 0.2) is 56.5 Å². The predicted octanol–water partition coefficient (Wildman–Crippen LogP) is 3.66. The largest absolute Gasteiger partial charge is 0.493 e. The van der Waals surface area contributed by atoms with Gasteiger partial charge in [0.15, 0.2) is 5.76 Å². The Balaban J connectivity index is 2.23. The molecule has 0 aromatic carbocycles. The van der Waals surface area contributed by atoms with Crippen molar-refractivity contribution in [1.82, 2.24) is 0 Å². The molecular weight excluding hydrogens is 333 g/mol. The van der Waals surface area contributed by atoms with Crippen molar-refractivity contribution >= 4 is 28.8 Å². The molecule has 0 amide bonds. The van der Waals surface area contributed by atoms with Crippen LogP contribution in [0.5, 0.6) is 0 Å². The third kappa shape index (κ3) is 2.60. The first-order valence-electron chi connectivity index (χ1n) is 7.19. The number of carboxylic acids is 1. The van der Waals surface area contributed by atoms with E-state index in [1.54, 1.807) is 24.4 Å². The highest BCUT2D eigenvalue weighted by atomic mass is 32.1. The number of aliphatic carboxylic acids is 1. The normalized spacial score (nSPS) is 17.2. The van der Waals surface area contributed by atoms with Crippen molar-refractivity contribution in [2.75, 3.05) is 7.11 Å². The topological polar surface area (TPSA) is 76.0 Å². The molecule has 1 aliphatic heterocycles. The van der Waals surface area contributed by atoms with Gasteiger partial charge >= 0.3 is 5.97 Å². The van der Waals surface area contributed by atoms with Crippen LogP contribution >= 0.6 is 11.3 Å². The Hall–Kier alpha value is -2.54. The fourth-order valence-electron chi connectivity index (χ4n) is 2.91. The molecule has 5 nitrogen and oxygen atoms in total. The smallest absolute Gasteiger partial charge is 0.307 e. The number of halogens is 1. The second kappa shape index (κ2) is 6.16. The zero-order valence-electron chi connectivity index (χ0n) is 13.1. The summed E-state index contributed by atoms with van der Waals surface area (Å²) in [5, 5.41) is 10.9.